The van der Waals surface area contributed by atoms with Crippen molar-refractivity contribution in [1.82, 2.24) is 4.98 Å². The molecule has 0 atom stereocenters. The van der Waals surface area contributed by atoms with Crippen LogP contribution in [-0.2, 0) is 19.5 Å². The van der Waals surface area contributed by atoms with Gasteiger partial charge in [0.25, 0.3) is 0 Å². The first-order valence-electron chi connectivity index (χ1n) is 2.06. The molecule has 0 aliphatic heterocycles. The van der Waals surface area contributed by atoms with E-state index < -0.39 is 0 Å². The molecule has 0 fully saturated rings. The second kappa shape index (κ2) is 6.09. The van der Waals surface area contributed by atoms with Crippen LogP contribution in [0, 0.1) is 7.43 Å². The number of pyridine rings is 1. The summed E-state index contributed by atoms with van der Waals surface area (Å²) in [6, 6.07) is 3.33. The Kier molecular flexibility index (Phi) is 7.90. The average molecular weight is 228 g/mol. The van der Waals surface area contributed by atoms with E-state index in [4.69, 9.17) is 23.2 Å². The largest absolute Gasteiger partial charge is 0.358 e. The van der Waals surface area contributed by atoms with Gasteiger partial charge in [0, 0.05) is 25.7 Å². The molecule has 10 heavy (non-hydrogen) atoms. The molecule has 0 N–H and O–H groups in total. The van der Waals surface area contributed by atoms with E-state index in [1.54, 1.807) is 12.1 Å². The number of hydrogen-bond donors (Lipinski definition) is 0. The van der Waals surface area contributed by atoms with Gasteiger partial charge in [-0.15, -0.1) is 0 Å². The van der Waals surface area contributed by atoms with Crippen LogP contribution in [0.5, 0.6) is 0 Å². The topological polar surface area (TPSA) is 12.9 Å². The molecule has 4 heteroatoms. The van der Waals surface area contributed by atoms with Crippen molar-refractivity contribution in [3.05, 3.63) is 35.9 Å². The summed E-state index contributed by atoms with van der Waals surface area (Å²) in [5.74, 6) is 0. The minimum atomic E-state index is 0. The van der Waals surface area contributed by atoms with Crippen LogP contribution in [-0.4, -0.2) is 4.98 Å². The molecule has 1 aromatic rings. The number of nitrogens with zero attached hydrogens (tertiary/aromatic N) is 1. The Morgan fingerprint density at radius 1 is 1.20 bits per heavy atom. The molecule has 1 nitrogen and oxygen atoms in total. The molecule has 0 aliphatic rings. The predicted octanol–water partition coefficient (Wildman–Crippen LogP) is 2.84. The second-order valence-corrected chi connectivity index (χ2v) is 2.12. The van der Waals surface area contributed by atoms with Crippen LogP contribution >= 0.6 is 23.2 Å². The normalized spacial score (nSPS) is 7.40. The van der Waals surface area contributed by atoms with Crippen LogP contribution in [0.2, 0.25) is 10.2 Å². The summed E-state index contributed by atoms with van der Waals surface area (Å²) < 4.78 is 0. The standard InChI is InChI=1S/C5H3Cl2N.CH3.Zn/c6-4-1-2-5(7)8-3-4;;/h1-3H;1H3;/q;-1;. The number of hydrogen-bond acceptors (Lipinski definition) is 1. The van der Waals surface area contributed by atoms with Gasteiger partial charge in [0.1, 0.15) is 5.15 Å². The first-order valence-corrected chi connectivity index (χ1v) is 2.82. The van der Waals surface area contributed by atoms with Gasteiger partial charge in [-0.1, -0.05) is 23.2 Å². The molecule has 1 rings (SSSR count). The second-order valence-electron chi connectivity index (χ2n) is 1.30. The summed E-state index contributed by atoms with van der Waals surface area (Å²) in [7, 11) is 0. The Bertz CT molecular complexity index is 155. The maximum absolute atomic E-state index is 5.49. The SMILES string of the molecule is Clc1ccc(Cl)nc1.[CH3-].[Zn]. The molecule has 0 radical (unpaired) electrons. The third-order valence-corrected chi connectivity index (χ3v) is 1.14. The average Bonchev–Trinajstić information content (AvgIpc) is 1.77. The van der Waals surface area contributed by atoms with Gasteiger partial charge in [-0.05, 0) is 12.1 Å². The molecule has 0 bridgehead atoms. The van der Waals surface area contributed by atoms with Crippen LogP contribution in [0.4, 0.5) is 0 Å². The molecule has 0 spiro atoms. The van der Waals surface area contributed by atoms with Gasteiger partial charge in [0.2, 0.25) is 0 Å². The summed E-state index contributed by atoms with van der Waals surface area (Å²) in [6.07, 6.45) is 1.50. The van der Waals surface area contributed by atoms with Crippen molar-refractivity contribution < 1.29 is 19.5 Å². The van der Waals surface area contributed by atoms with Crippen LogP contribution in [0.3, 0.4) is 0 Å². The molecule has 0 saturated heterocycles. The summed E-state index contributed by atoms with van der Waals surface area (Å²) in [6.45, 7) is 0. The zero-order valence-corrected chi connectivity index (χ0v) is 10.1. The third-order valence-electron chi connectivity index (χ3n) is 0.691. The van der Waals surface area contributed by atoms with Gasteiger partial charge in [-0.25, -0.2) is 4.98 Å². The Morgan fingerprint density at radius 3 is 2.10 bits per heavy atom. The maximum atomic E-state index is 5.49. The van der Waals surface area contributed by atoms with Gasteiger partial charge in [-0.3, -0.25) is 0 Å². The van der Waals surface area contributed by atoms with E-state index in [0.717, 1.165) is 0 Å². The summed E-state index contributed by atoms with van der Waals surface area (Å²) in [5, 5.41) is 1.07. The van der Waals surface area contributed by atoms with Crippen LogP contribution in [0.25, 0.3) is 0 Å². The zero-order valence-electron chi connectivity index (χ0n) is 5.64. The van der Waals surface area contributed by atoms with Crippen LogP contribution in [0.15, 0.2) is 18.3 Å². The molecule has 0 aromatic carbocycles. The van der Waals surface area contributed by atoms with E-state index in [9.17, 15) is 0 Å². The Balaban J connectivity index is 0. The Labute approximate surface area is 83.5 Å². The van der Waals surface area contributed by atoms with Gasteiger partial charge < -0.3 is 7.43 Å². The van der Waals surface area contributed by atoms with Crippen molar-refractivity contribution in [2.75, 3.05) is 0 Å². The van der Waals surface area contributed by atoms with Crippen molar-refractivity contribution in [3.63, 3.8) is 0 Å². The van der Waals surface area contributed by atoms with Crippen molar-refractivity contribution in [2.45, 2.75) is 0 Å². The molecule has 1 aromatic heterocycles. The Hall–Kier alpha value is 0.353. The van der Waals surface area contributed by atoms with E-state index in [0.29, 0.717) is 10.2 Å². The predicted molar refractivity (Wildman–Crippen MR) is 40.7 cm³/mol. The fourth-order valence-electron chi connectivity index (χ4n) is 0.358. The van der Waals surface area contributed by atoms with E-state index in [2.05, 4.69) is 4.98 Å². The quantitative estimate of drug-likeness (QED) is 0.378. The first-order chi connectivity index (χ1) is 3.79. The molecular formula is C6H6Cl2NZn-. The van der Waals surface area contributed by atoms with Gasteiger partial charge in [0.05, 0.1) is 5.02 Å². The van der Waals surface area contributed by atoms with E-state index >= 15 is 0 Å². The fourth-order valence-corrected chi connectivity index (χ4v) is 0.581. The molecule has 0 unspecified atom stereocenters. The summed E-state index contributed by atoms with van der Waals surface area (Å²) in [5.41, 5.74) is 0. The van der Waals surface area contributed by atoms with Crippen LogP contribution in [0.1, 0.15) is 0 Å². The molecule has 0 amide bonds. The van der Waals surface area contributed by atoms with E-state index in [1.807, 2.05) is 0 Å². The van der Waals surface area contributed by atoms with Crippen molar-refractivity contribution in [1.29, 1.82) is 0 Å². The van der Waals surface area contributed by atoms with Gasteiger partial charge in [-0.2, -0.15) is 0 Å². The summed E-state index contributed by atoms with van der Waals surface area (Å²) >= 11 is 10.9. The molecular weight excluding hydrogens is 222 g/mol. The molecule has 0 saturated carbocycles. The van der Waals surface area contributed by atoms with Gasteiger partial charge in [0.15, 0.2) is 0 Å². The summed E-state index contributed by atoms with van der Waals surface area (Å²) in [4.78, 5) is 3.71. The molecule has 1 heterocycles. The smallest absolute Gasteiger partial charge is 0.129 e. The minimum Gasteiger partial charge on any atom is -0.358 e. The molecule has 0 aliphatic carbocycles. The molecule has 52 valence electrons. The van der Waals surface area contributed by atoms with Crippen molar-refractivity contribution in [3.8, 4) is 0 Å². The van der Waals surface area contributed by atoms with Crippen molar-refractivity contribution in [2.24, 2.45) is 0 Å². The number of halogens is 2. The number of rotatable bonds is 0. The Morgan fingerprint density at radius 2 is 1.80 bits per heavy atom. The van der Waals surface area contributed by atoms with Crippen LogP contribution < -0.4 is 0 Å². The van der Waals surface area contributed by atoms with E-state index in [1.165, 1.54) is 6.20 Å². The van der Waals surface area contributed by atoms with Gasteiger partial charge >= 0.3 is 0 Å². The van der Waals surface area contributed by atoms with E-state index in [-0.39, 0.29) is 26.9 Å². The van der Waals surface area contributed by atoms with Crippen molar-refractivity contribution >= 4 is 23.2 Å². The monoisotopic (exact) mass is 226 g/mol. The minimum absolute atomic E-state index is 0. The third kappa shape index (κ3) is 4.21. The maximum Gasteiger partial charge on any atom is 0.129 e. The number of aromatic nitrogens is 1. The zero-order chi connectivity index (χ0) is 5.98. The first kappa shape index (κ1) is 13.0. The fraction of sp³-hybridized carbons (Fsp3) is 0.